The Balaban J connectivity index is 2.16. The maximum Gasteiger partial charge on any atom is 0.242 e. The Hall–Kier alpha value is -3.07. The zero-order chi connectivity index (χ0) is 26.9. The van der Waals surface area contributed by atoms with Gasteiger partial charge in [-0.05, 0) is 69.0 Å². The van der Waals surface area contributed by atoms with Gasteiger partial charge in [-0.15, -0.1) is 0 Å². The average Bonchev–Trinajstić information content (AvgIpc) is 2.84. The van der Waals surface area contributed by atoms with E-state index in [1.165, 1.54) is 4.31 Å². The van der Waals surface area contributed by atoms with E-state index in [1.54, 1.807) is 31.1 Å². The number of methoxy groups -OCH3 is 1. The van der Waals surface area contributed by atoms with Crippen LogP contribution in [0, 0.1) is 0 Å². The Labute approximate surface area is 215 Å². The predicted molar refractivity (Wildman–Crippen MR) is 144 cm³/mol. The monoisotopic (exact) mass is 517 g/mol. The topological polar surface area (TPSA) is 96.0 Å². The quantitative estimate of drug-likeness (QED) is 0.437. The standard InChI is InChI=1S/C27H39N3O5S/c1-7-22-10-14-24(15-11-22)30(36(6,33)34)18-8-9-26(31)29(21(4)27(32)28-20(2)3)19-23-12-16-25(35-5)17-13-23/h10-17,20-21H,7-9,18-19H2,1-6H3,(H,28,32). The molecule has 0 heterocycles. The molecule has 0 aliphatic rings. The number of hydrogen-bond donors (Lipinski definition) is 1. The van der Waals surface area contributed by atoms with Crippen molar-refractivity contribution in [2.24, 2.45) is 0 Å². The van der Waals surface area contributed by atoms with Crippen molar-refractivity contribution in [3.63, 3.8) is 0 Å². The van der Waals surface area contributed by atoms with Gasteiger partial charge in [-0.25, -0.2) is 8.42 Å². The SMILES string of the molecule is CCc1ccc(N(CCCC(=O)N(Cc2ccc(OC)cc2)C(C)C(=O)NC(C)C)S(C)(=O)=O)cc1. The highest BCUT2D eigenvalue weighted by molar-refractivity contribution is 7.92. The summed E-state index contributed by atoms with van der Waals surface area (Å²) >= 11 is 0. The van der Waals surface area contributed by atoms with Crippen LogP contribution in [-0.2, 0) is 32.6 Å². The number of carbonyl (C=O) groups excluding carboxylic acids is 2. The molecule has 0 aromatic heterocycles. The molecular weight excluding hydrogens is 478 g/mol. The number of sulfonamides is 1. The van der Waals surface area contributed by atoms with E-state index in [0.717, 1.165) is 23.8 Å². The highest BCUT2D eigenvalue weighted by Crippen LogP contribution is 2.20. The number of nitrogens with zero attached hydrogens (tertiary/aromatic N) is 2. The summed E-state index contributed by atoms with van der Waals surface area (Å²) in [5, 5.41) is 2.87. The van der Waals surface area contributed by atoms with Gasteiger partial charge in [0.25, 0.3) is 0 Å². The molecule has 1 unspecified atom stereocenters. The average molecular weight is 518 g/mol. The second-order valence-corrected chi connectivity index (χ2v) is 11.1. The van der Waals surface area contributed by atoms with Crippen molar-refractivity contribution in [2.75, 3.05) is 24.2 Å². The van der Waals surface area contributed by atoms with E-state index in [4.69, 9.17) is 4.74 Å². The fourth-order valence-electron chi connectivity index (χ4n) is 3.82. The minimum absolute atomic E-state index is 0.0553. The fourth-order valence-corrected chi connectivity index (χ4v) is 4.78. The molecule has 9 heteroatoms. The van der Waals surface area contributed by atoms with Crippen LogP contribution in [0.5, 0.6) is 5.75 Å². The third kappa shape index (κ3) is 8.55. The largest absolute Gasteiger partial charge is 0.497 e. The number of carbonyl (C=O) groups is 2. The Morgan fingerprint density at radius 1 is 0.972 bits per heavy atom. The molecule has 0 aliphatic carbocycles. The molecular formula is C27H39N3O5S. The van der Waals surface area contributed by atoms with Gasteiger partial charge in [-0.2, -0.15) is 0 Å². The van der Waals surface area contributed by atoms with Gasteiger partial charge < -0.3 is 15.0 Å². The first kappa shape index (κ1) is 29.2. The molecule has 0 spiro atoms. The summed E-state index contributed by atoms with van der Waals surface area (Å²) in [5.41, 5.74) is 2.55. The van der Waals surface area contributed by atoms with Crippen LogP contribution in [0.4, 0.5) is 5.69 Å². The lowest BCUT2D eigenvalue weighted by molar-refractivity contribution is -0.140. The smallest absolute Gasteiger partial charge is 0.242 e. The fraction of sp³-hybridized carbons (Fsp3) is 0.481. The van der Waals surface area contributed by atoms with Crippen LogP contribution in [-0.4, -0.2) is 57.1 Å². The Morgan fingerprint density at radius 2 is 1.56 bits per heavy atom. The van der Waals surface area contributed by atoms with E-state index in [-0.39, 0.29) is 37.4 Å². The summed E-state index contributed by atoms with van der Waals surface area (Å²) in [6.07, 6.45) is 2.45. The second-order valence-electron chi connectivity index (χ2n) is 9.17. The van der Waals surface area contributed by atoms with Gasteiger partial charge in [0, 0.05) is 25.6 Å². The van der Waals surface area contributed by atoms with Crippen molar-refractivity contribution >= 4 is 27.5 Å². The number of benzene rings is 2. The molecule has 2 aromatic carbocycles. The van der Waals surface area contributed by atoms with E-state index in [2.05, 4.69) is 5.32 Å². The molecule has 0 aliphatic heterocycles. The number of rotatable bonds is 13. The van der Waals surface area contributed by atoms with Crippen LogP contribution in [0.1, 0.15) is 51.7 Å². The highest BCUT2D eigenvalue weighted by Gasteiger charge is 2.27. The molecule has 36 heavy (non-hydrogen) atoms. The van der Waals surface area contributed by atoms with Gasteiger partial charge in [0.05, 0.1) is 19.1 Å². The number of anilines is 1. The first-order chi connectivity index (χ1) is 17.0. The molecule has 8 nitrogen and oxygen atoms in total. The third-order valence-electron chi connectivity index (χ3n) is 5.89. The number of ether oxygens (including phenoxy) is 1. The Morgan fingerprint density at radius 3 is 2.06 bits per heavy atom. The van der Waals surface area contributed by atoms with Crippen molar-refractivity contribution in [3.05, 3.63) is 59.7 Å². The molecule has 2 amide bonds. The van der Waals surface area contributed by atoms with E-state index in [0.29, 0.717) is 17.9 Å². The molecule has 1 N–H and O–H groups in total. The Kier molecular flexibility index (Phi) is 10.8. The van der Waals surface area contributed by atoms with E-state index < -0.39 is 16.1 Å². The summed E-state index contributed by atoms with van der Waals surface area (Å²) in [5.74, 6) is 0.253. The molecule has 0 radical (unpaired) electrons. The van der Waals surface area contributed by atoms with Gasteiger partial charge in [-0.3, -0.25) is 13.9 Å². The number of hydrogen-bond acceptors (Lipinski definition) is 5. The zero-order valence-electron chi connectivity index (χ0n) is 22.2. The third-order valence-corrected chi connectivity index (χ3v) is 7.09. The molecule has 0 saturated carbocycles. The summed E-state index contributed by atoms with van der Waals surface area (Å²) in [4.78, 5) is 27.6. The van der Waals surface area contributed by atoms with Gasteiger partial charge in [-0.1, -0.05) is 31.2 Å². The first-order valence-electron chi connectivity index (χ1n) is 12.3. The minimum Gasteiger partial charge on any atom is -0.497 e. The van der Waals surface area contributed by atoms with Crippen LogP contribution < -0.4 is 14.4 Å². The number of amides is 2. The van der Waals surface area contributed by atoms with Crippen LogP contribution in [0.15, 0.2) is 48.5 Å². The van der Waals surface area contributed by atoms with Crippen molar-refractivity contribution in [2.45, 2.75) is 65.6 Å². The molecule has 0 fully saturated rings. The summed E-state index contributed by atoms with van der Waals surface area (Å²) in [7, 11) is -1.94. The predicted octanol–water partition coefficient (Wildman–Crippen LogP) is 3.75. The highest BCUT2D eigenvalue weighted by atomic mass is 32.2. The van der Waals surface area contributed by atoms with Gasteiger partial charge >= 0.3 is 0 Å². The van der Waals surface area contributed by atoms with E-state index >= 15 is 0 Å². The normalized spacial score (nSPS) is 12.2. The van der Waals surface area contributed by atoms with Crippen LogP contribution in [0.3, 0.4) is 0 Å². The molecule has 0 bridgehead atoms. The van der Waals surface area contributed by atoms with Crippen molar-refractivity contribution in [1.29, 1.82) is 0 Å². The minimum atomic E-state index is -3.52. The maximum absolute atomic E-state index is 13.3. The summed E-state index contributed by atoms with van der Waals surface area (Å²) < 4.78 is 31.4. The van der Waals surface area contributed by atoms with Crippen LogP contribution in [0.2, 0.25) is 0 Å². The Bertz CT molecular complexity index is 1100. The van der Waals surface area contributed by atoms with E-state index in [1.807, 2.05) is 57.2 Å². The van der Waals surface area contributed by atoms with Crippen molar-refractivity contribution < 1.29 is 22.7 Å². The van der Waals surface area contributed by atoms with Gasteiger partial charge in [0.1, 0.15) is 11.8 Å². The van der Waals surface area contributed by atoms with Crippen LogP contribution in [0.25, 0.3) is 0 Å². The molecule has 0 saturated heterocycles. The van der Waals surface area contributed by atoms with Crippen LogP contribution >= 0.6 is 0 Å². The van der Waals surface area contributed by atoms with Gasteiger partial charge in [0.15, 0.2) is 0 Å². The van der Waals surface area contributed by atoms with Crippen molar-refractivity contribution in [1.82, 2.24) is 10.2 Å². The summed E-state index contributed by atoms with van der Waals surface area (Å²) in [6.45, 7) is 7.90. The van der Waals surface area contributed by atoms with Crippen molar-refractivity contribution in [3.8, 4) is 5.75 Å². The lowest BCUT2D eigenvalue weighted by atomic mass is 10.1. The number of aryl methyl sites for hydroxylation is 1. The molecule has 2 rings (SSSR count). The number of nitrogens with one attached hydrogen (secondary N) is 1. The molecule has 2 aromatic rings. The molecule has 198 valence electrons. The lowest BCUT2D eigenvalue weighted by Crippen LogP contribution is -2.49. The first-order valence-corrected chi connectivity index (χ1v) is 14.1. The summed E-state index contributed by atoms with van der Waals surface area (Å²) in [6, 6.07) is 14.0. The zero-order valence-corrected chi connectivity index (χ0v) is 23.0. The van der Waals surface area contributed by atoms with Gasteiger partial charge in [0.2, 0.25) is 21.8 Å². The van der Waals surface area contributed by atoms with E-state index in [9.17, 15) is 18.0 Å². The molecule has 1 atom stereocenters. The lowest BCUT2D eigenvalue weighted by Gasteiger charge is -2.30. The second kappa shape index (κ2) is 13.3. The maximum atomic E-state index is 13.3.